The van der Waals surface area contributed by atoms with Crippen molar-refractivity contribution in [2.24, 2.45) is 0 Å². The molecule has 174 valence electrons. The third-order valence-electron chi connectivity index (χ3n) is 3.79. The van der Waals surface area contributed by atoms with Crippen LogP contribution in [-0.2, 0) is 18.9 Å². The van der Waals surface area contributed by atoms with Crippen LogP contribution in [0, 0.1) is 6.92 Å². The first-order valence-corrected chi connectivity index (χ1v) is 11.8. The van der Waals surface area contributed by atoms with Crippen molar-refractivity contribution in [1.29, 1.82) is 0 Å². The number of amides is 1. The summed E-state index contributed by atoms with van der Waals surface area (Å²) in [4.78, 5) is 27.6. The maximum Gasteiger partial charge on any atom is 0.303 e. The Labute approximate surface area is 194 Å². The summed E-state index contributed by atoms with van der Waals surface area (Å²) in [7, 11) is 0.167. The third-order valence-corrected chi connectivity index (χ3v) is 4.24. The molecule has 1 unspecified atom stereocenters. The number of ether oxygens (including phenoxy) is 1. The maximum absolute atomic E-state index is 12.2. The minimum absolute atomic E-state index is 0.167. The van der Waals surface area contributed by atoms with Gasteiger partial charge in [0.1, 0.15) is 5.02 Å². The van der Waals surface area contributed by atoms with E-state index in [1.54, 1.807) is 37.9 Å². The highest BCUT2D eigenvalue weighted by atomic mass is 35.5. The molecule has 3 aromatic rings. The maximum atomic E-state index is 12.2. The number of halogens is 1. The van der Waals surface area contributed by atoms with E-state index in [0.717, 1.165) is 11.3 Å². The van der Waals surface area contributed by atoms with Crippen LogP contribution in [0.3, 0.4) is 0 Å². The summed E-state index contributed by atoms with van der Waals surface area (Å²) in [6.45, 7) is 10.7. The Hall–Kier alpha value is -2.77. The zero-order chi connectivity index (χ0) is 24.3. The van der Waals surface area contributed by atoms with E-state index in [1.165, 1.54) is 18.0 Å². The molecular weight excluding hydrogens is 453 g/mol. The van der Waals surface area contributed by atoms with Gasteiger partial charge in [0.25, 0.3) is 5.91 Å². The number of benzene rings is 1. The quantitative estimate of drug-likeness (QED) is 0.377. The number of rotatable bonds is 5. The van der Waals surface area contributed by atoms with Crippen LogP contribution in [0.1, 0.15) is 46.2 Å². The molecule has 1 atom stereocenters. The number of hydrogen-bond acceptors (Lipinski definition) is 6. The van der Waals surface area contributed by atoms with Crippen LogP contribution in [0.2, 0.25) is 5.02 Å². The number of nitrogens with zero attached hydrogens (tertiary/aromatic N) is 3. The van der Waals surface area contributed by atoms with E-state index in [1.807, 2.05) is 6.92 Å². The number of carbonyl (C=O) groups is 2. The third kappa shape index (κ3) is 7.73. The zero-order valence-corrected chi connectivity index (χ0v) is 20.8. The monoisotopic (exact) mass is 481 g/mol. The summed E-state index contributed by atoms with van der Waals surface area (Å²) >= 11 is 6.17. The number of aromatic nitrogens is 4. The minimum Gasteiger partial charge on any atom is -0.452 e. The van der Waals surface area contributed by atoms with Gasteiger partial charge in [0.2, 0.25) is 0 Å². The Morgan fingerprint density at radius 3 is 2.28 bits per heavy atom. The first-order valence-electron chi connectivity index (χ1n) is 10.1. The standard InChI is InChI=1S/C17H18ClN5O3.C3H8.CH3OP/c1-4-13(26-10(3)24)17(25)19-12-7-5-11(6-8-12)15-20-16-14(18)9(2)21-23(16)22-15;2*1-3-2/h5-8,13,21H,4H2,1-3H3,(H,19,25);3H2,1-2H3;1H3. The van der Waals surface area contributed by atoms with Gasteiger partial charge in [-0.2, -0.15) is 4.63 Å². The molecule has 0 aliphatic rings. The van der Waals surface area contributed by atoms with Crippen LogP contribution in [-0.4, -0.2) is 44.5 Å². The summed E-state index contributed by atoms with van der Waals surface area (Å²) < 4.78 is 15.4. The molecule has 3 rings (SSSR count). The van der Waals surface area contributed by atoms with Crippen LogP contribution in [0.15, 0.2) is 24.3 Å². The van der Waals surface area contributed by atoms with E-state index in [2.05, 4.69) is 34.3 Å². The van der Waals surface area contributed by atoms with Crippen molar-refractivity contribution >= 4 is 43.3 Å². The highest BCUT2D eigenvalue weighted by Crippen LogP contribution is 2.24. The van der Waals surface area contributed by atoms with Crippen molar-refractivity contribution in [2.45, 2.75) is 53.6 Å². The fraction of sp³-hybridized carbons (Fsp3) is 0.429. The molecule has 2 N–H and O–H groups in total. The number of fused-ring (bicyclic) bond motifs is 1. The molecule has 9 nitrogen and oxygen atoms in total. The Kier molecular flexibility index (Phi) is 11.6. The molecule has 0 radical (unpaired) electrons. The van der Waals surface area contributed by atoms with Gasteiger partial charge in [0.05, 0.1) is 5.69 Å². The van der Waals surface area contributed by atoms with Gasteiger partial charge in [-0.15, -0.1) is 5.10 Å². The van der Waals surface area contributed by atoms with Gasteiger partial charge in [0.15, 0.2) is 26.0 Å². The molecule has 0 bridgehead atoms. The Bertz CT molecular complexity index is 1030. The van der Waals surface area contributed by atoms with E-state index in [4.69, 9.17) is 20.9 Å². The molecule has 32 heavy (non-hydrogen) atoms. The lowest BCUT2D eigenvalue weighted by atomic mass is 10.2. The van der Waals surface area contributed by atoms with E-state index >= 15 is 0 Å². The smallest absolute Gasteiger partial charge is 0.303 e. The number of hydrogen-bond donors (Lipinski definition) is 2. The Morgan fingerprint density at radius 2 is 1.81 bits per heavy atom. The van der Waals surface area contributed by atoms with Crippen LogP contribution < -0.4 is 5.32 Å². The number of carbonyl (C=O) groups excluding carboxylic acids is 2. The van der Waals surface area contributed by atoms with Crippen LogP contribution in [0.25, 0.3) is 17.0 Å². The van der Waals surface area contributed by atoms with Crippen LogP contribution in [0.5, 0.6) is 0 Å². The van der Waals surface area contributed by atoms with Crippen molar-refractivity contribution < 1.29 is 18.9 Å². The SMILES string of the molecule is CCC.CCC(OC(C)=O)C(=O)Nc1ccc(-c2nc3c(Cl)c(C)[nH]n3n2)cc1.CP=O. The Morgan fingerprint density at radius 1 is 1.25 bits per heavy atom. The van der Waals surface area contributed by atoms with Gasteiger partial charge in [-0.05, 0) is 37.6 Å². The molecule has 0 saturated carbocycles. The number of nitrogens with one attached hydrogen (secondary N) is 2. The van der Waals surface area contributed by atoms with Gasteiger partial charge in [0, 0.05) is 24.8 Å². The van der Waals surface area contributed by atoms with E-state index < -0.39 is 12.1 Å². The summed E-state index contributed by atoms with van der Waals surface area (Å²) in [5, 5.41) is 10.6. The van der Waals surface area contributed by atoms with Gasteiger partial charge in [-0.1, -0.05) is 38.8 Å². The van der Waals surface area contributed by atoms with Gasteiger partial charge in [-0.25, -0.2) is 4.98 Å². The molecule has 0 aliphatic heterocycles. The lowest BCUT2D eigenvalue weighted by molar-refractivity contribution is -0.152. The normalized spacial score (nSPS) is 11.1. The molecule has 0 fully saturated rings. The van der Waals surface area contributed by atoms with E-state index in [9.17, 15) is 9.59 Å². The summed E-state index contributed by atoms with van der Waals surface area (Å²) in [6, 6.07) is 7.04. The van der Waals surface area contributed by atoms with Gasteiger partial charge in [-0.3, -0.25) is 19.3 Å². The molecule has 11 heteroatoms. The number of H-pyrrole nitrogens is 1. The predicted molar refractivity (Wildman–Crippen MR) is 126 cm³/mol. The fourth-order valence-electron chi connectivity index (χ4n) is 2.48. The largest absolute Gasteiger partial charge is 0.452 e. The fourth-order valence-corrected chi connectivity index (χ4v) is 2.64. The number of esters is 1. The summed E-state index contributed by atoms with van der Waals surface area (Å²) in [6.07, 6.45) is 0.835. The van der Waals surface area contributed by atoms with Crippen molar-refractivity contribution in [2.75, 3.05) is 12.0 Å². The Balaban J connectivity index is 0.000000769. The van der Waals surface area contributed by atoms with E-state index in [-0.39, 0.29) is 14.4 Å². The van der Waals surface area contributed by atoms with Crippen LogP contribution >= 0.6 is 20.1 Å². The highest BCUT2D eigenvalue weighted by molar-refractivity contribution is 7.22. The first-order chi connectivity index (χ1) is 15.2. The molecule has 2 aromatic heterocycles. The number of aromatic amines is 1. The molecule has 1 aromatic carbocycles. The topological polar surface area (TPSA) is 118 Å². The van der Waals surface area contributed by atoms with Crippen molar-refractivity contribution in [3.05, 3.63) is 35.0 Å². The number of aryl methyl sites for hydroxylation is 1. The molecule has 0 spiro atoms. The van der Waals surface area contributed by atoms with E-state index in [0.29, 0.717) is 28.6 Å². The zero-order valence-electron chi connectivity index (χ0n) is 19.1. The summed E-state index contributed by atoms with van der Waals surface area (Å²) in [5.41, 5.74) is 2.72. The first kappa shape index (κ1) is 27.3. The van der Waals surface area contributed by atoms with Crippen molar-refractivity contribution in [1.82, 2.24) is 19.8 Å². The predicted octanol–water partition coefficient (Wildman–Crippen LogP) is 5.29. The number of anilines is 1. The molecule has 2 heterocycles. The minimum atomic E-state index is -0.812. The second-order valence-corrected chi connectivity index (χ2v) is 7.43. The van der Waals surface area contributed by atoms with Gasteiger partial charge >= 0.3 is 5.97 Å². The molecule has 0 saturated heterocycles. The van der Waals surface area contributed by atoms with Crippen molar-refractivity contribution in [3.63, 3.8) is 0 Å². The summed E-state index contributed by atoms with van der Waals surface area (Å²) in [5.74, 6) is -0.341. The average Bonchev–Trinajstić information content (AvgIpc) is 3.27. The van der Waals surface area contributed by atoms with Crippen molar-refractivity contribution in [3.8, 4) is 11.4 Å². The second kappa shape index (κ2) is 13.6. The molecular formula is C21H29ClN5O4P. The molecule has 0 aliphatic carbocycles. The average molecular weight is 482 g/mol. The lowest BCUT2D eigenvalue weighted by Crippen LogP contribution is -2.31. The second-order valence-electron chi connectivity index (χ2n) is 6.68. The van der Waals surface area contributed by atoms with Gasteiger partial charge < -0.3 is 10.1 Å². The molecule has 1 amide bonds. The highest BCUT2D eigenvalue weighted by Gasteiger charge is 2.19. The lowest BCUT2D eigenvalue weighted by Gasteiger charge is -2.14. The van der Waals surface area contributed by atoms with Crippen LogP contribution in [0.4, 0.5) is 5.69 Å².